The molecule has 0 fully saturated rings. The molecule has 2 aromatic rings. The first kappa shape index (κ1) is 15.1. The van der Waals surface area contributed by atoms with Crippen molar-refractivity contribution in [2.75, 3.05) is 5.73 Å². The van der Waals surface area contributed by atoms with Gasteiger partial charge in [0.1, 0.15) is 13.2 Å². The van der Waals surface area contributed by atoms with Gasteiger partial charge in [0.05, 0.1) is 23.6 Å². The van der Waals surface area contributed by atoms with Crippen LogP contribution in [0.4, 0.5) is 5.69 Å². The lowest BCUT2D eigenvalue weighted by Gasteiger charge is -2.12. The third-order valence-electron chi connectivity index (χ3n) is 3.31. The highest BCUT2D eigenvalue weighted by Crippen LogP contribution is 2.14. The van der Waals surface area contributed by atoms with Crippen molar-refractivity contribution in [3.8, 4) is 0 Å². The van der Waals surface area contributed by atoms with E-state index in [1.54, 1.807) is 6.20 Å². The zero-order valence-electron chi connectivity index (χ0n) is 12.4. The third kappa shape index (κ3) is 4.08. The van der Waals surface area contributed by atoms with Crippen LogP contribution in [0.25, 0.3) is 0 Å². The topological polar surface area (TPSA) is 88.0 Å². The first-order valence-corrected chi connectivity index (χ1v) is 7.10. The van der Waals surface area contributed by atoms with Gasteiger partial charge in [-0.05, 0) is 18.9 Å². The van der Waals surface area contributed by atoms with Gasteiger partial charge in [-0.2, -0.15) is 10.2 Å². The van der Waals surface area contributed by atoms with Crippen molar-refractivity contribution < 1.29 is 9.53 Å². The molecule has 0 aliphatic carbocycles. The largest absolute Gasteiger partial charge is 0.458 e. The summed E-state index contributed by atoms with van der Waals surface area (Å²) < 4.78 is 8.56. The van der Waals surface area contributed by atoms with Crippen LogP contribution in [0.15, 0.2) is 24.7 Å². The molecule has 2 aromatic heterocycles. The Hall–Kier alpha value is -2.31. The second-order valence-electron chi connectivity index (χ2n) is 4.89. The molecule has 7 nitrogen and oxygen atoms in total. The molecule has 2 rings (SSSR count). The van der Waals surface area contributed by atoms with Crippen molar-refractivity contribution in [1.29, 1.82) is 0 Å². The van der Waals surface area contributed by atoms with Crippen molar-refractivity contribution in [2.24, 2.45) is 0 Å². The van der Waals surface area contributed by atoms with E-state index in [9.17, 15) is 4.79 Å². The van der Waals surface area contributed by atoms with Crippen LogP contribution >= 0.6 is 0 Å². The first-order valence-electron chi connectivity index (χ1n) is 7.10. The summed E-state index contributed by atoms with van der Waals surface area (Å²) in [7, 11) is 0. The summed E-state index contributed by atoms with van der Waals surface area (Å²) in [6.07, 6.45) is 7.05. The number of nitrogen functional groups attached to an aromatic ring is 1. The van der Waals surface area contributed by atoms with Crippen molar-refractivity contribution >= 4 is 11.7 Å². The summed E-state index contributed by atoms with van der Waals surface area (Å²) >= 11 is 0. The molecule has 2 N–H and O–H groups in total. The fraction of sp³-hybridized carbons (Fsp3) is 0.500. The van der Waals surface area contributed by atoms with E-state index in [-0.39, 0.29) is 19.1 Å². The number of carbonyl (C=O) groups is 1. The van der Waals surface area contributed by atoms with Crippen LogP contribution in [-0.4, -0.2) is 25.5 Å². The van der Waals surface area contributed by atoms with E-state index < -0.39 is 0 Å². The van der Waals surface area contributed by atoms with Gasteiger partial charge in [0.15, 0.2) is 0 Å². The Balaban J connectivity index is 1.84. The Morgan fingerprint density at radius 2 is 2.19 bits per heavy atom. The number of anilines is 1. The highest BCUT2D eigenvalue weighted by molar-refractivity contribution is 5.69. The summed E-state index contributed by atoms with van der Waals surface area (Å²) in [6, 6.07) is 2.26. The number of nitrogens with zero attached hydrogens (tertiary/aromatic N) is 4. The Morgan fingerprint density at radius 1 is 1.43 bits per heavy atom. The van der Waals surface area contributed by atoms with E-state index in [0.717, 1.165) is 18.5 Å². The van der Waals surface area contributed by atoms with Gasteiger partial charge in [0.2, 0.25) is 0 Å². The molecule has 0 radical (unpaired) electrons. The fourth-order valence-corrected chi connectivity index (χ4v) is 2.12. The highest BCUT2D eigenvalue weighted by Gasteiger charge is 2.10. The predicted octanol–water partition coefficient (Wildman–Crippen LogP) is 1.77. The molecule has 0 amide bonds. The van der Waals surface area contributed by atoms with E-state index in [2.05, 4.69) is 24.0 Å². The van der Waals surface area contributed by atoms with Crippen LogP contribution in [0.2, 0.25) is 0 Å². The number of rotatable bonds is 7. The van der Waals surface area contributed by atoms with Gasteiger partial charge in [-0.1, -0.05) is 13.8 Å². The average Bonchev–Trinajstić information content (AvgIpc) is 3.08. The van der Waals surface area contributed by atoms with Gasteiger partial charge in [-0.25, -0.2) is 0 Å². The maximum atomic E-state index is 11.7. The highest BCUT2D eigenvalue weighted by atomic mass is 16.5. The van der Waals surface area contributed by atoms with Crippen LogP contribution < -0.4 is 5.73 Å². The Labute approximate surface area is 123 Å². The van der Waals surface area contributed by atoms with Gasteiger partial charge >= 0.3 is 5.97 Å². The molecule has 7 heteroatoms. The van der Waals surface area contributed by atoms with E-state index in [1.165, 1.54) is 10.9 Å². The Morgan fingerprint density at radius 3 is 2.81 bits per heavy atom. The minimum absolute atomic E-state index is 0.0461. The number of nitrogens with two attached hydrogens (primary N) is 1. The van der Waals surface area contributed by atoms with E-state index >= 15 is 0 Å². The molecular formula is C14H21N5O2. The third-order valence-corrected chi connectivity index (χ3v) is 3.31. The van der Waals surface area contributed by atoms with Crippen LogP contribution in [0, 0.1) is 0 Å². The molecule has 0 aliphatic heterocycles. The molecule has 2 heterocycles. The number of hydrogen-bond donors (Lipinski definition) is 1. The average molecular weight is 291 g/mol. The molecule has 0 aliphatic rings. The summed E-state index contributed by atoms with van der Waals surface area (Å²) in [5, 5.41) is 8.36. The summed E-state index contributed by atoms with van der Waals surface area (Å²) in [5.74, 6) is -0.366. The normalized spacial score (nSPS) is 11.0. The molecule has 0 atom stereocenters. The van der Waals surface area contributed by atoms with Crippen LogP contribution in [0.5, 0.6) is 0 Å². The van der Waals surface area contributed by atoms with Crippen LogP contribution in [-0.2, 0) is 22.7 Å². The molecule has 0 aromatic carbocycles. The zero-order valence-corrected chi connectivity index (χ0v) is 12.4. The maximum Gasteiger partial charge on any atom is 0.328 e. The van der Waals surface area contributed by atoms with Gasteiger partial charge in [-0.3, -0.25) is 14.2 Å². The molecule has 0 saturated heterocycles. The van der Waals surface area contributed by atoms with E-state index in [1.807, 2.05) is 16.9 Å². The molecule has 114 valence electrons. The van der Waals surface area contributed by atoms with Crippen molar-refractivity contribution in [3.63, 3.8) is 0 Å². The minimum atomic E-state index is -0.366. The smallest absolute Gasteiger partial charge is 0.328 e. The predicted molar refractivity (Wildman–Crippen MR) is 78.3 cm³/mol. The number of aromatic nitrogens is 4. The second kappa shape index (κ2) is 6.92. The van der Waals surface area contributed by atoms with Gasteiger partial charge in [0, 0.05) is 12.4 Å². The van der Waals surface area contributed by atoms with E-state index in [4.69, 9.17) is 10.5 Å². The summed E-state index contributed by atoms with van der Waals surface area (Å²) in [4.78, 5) is 11.7. The van der Waals surface area contributed by atoms with Crippen molar-refractivity contribution in [3.05, 3.63) is 30.4 Å². The van der Waals surface area contributed by atoms with Crippen molar-refractivity contribution in [2.45, 2.75) is 45.9 Å². The Bertz CT molecular complexity index is 586. The Kier molecular flexibility index (Phi) is 4.97. The van der Waals surface area contributed by atoms with Gasteiger partial charge in [-0.15, -0.1) is 0 Å². The number of ether oxygens (including phenoxy) is 1. The molecule has 0 saturated carbocycles. The number of hydrogen-bond acceptors (Lipinski definition) is 5. The SMILES string of the molecule is CCC(CC)n1ccc(COC(=O)Cn2cc(N)cn2)n1. The first-order chi connectivity index (χ1) is 10.1. The van der Waals surface area contributed by atoms with Gasteiger partial charge < -0.3 is 10.5 Å². The summed E-state index contributed by atoms with van der Waals surface area (Å²) in [5.41, 5.74) is 6.79. The zero-order chi connectivity index (χ0) is 15.2. The number of esters is 1. The number of carbonyl (C=O) groups excluding carboxylic acids is 1. The minimum Gasteiger partial charge on any atom is -0.458 e. The van der Waals surface area contributed by atoms with Crippen LogP contribution in [0.3, 0.4) is 0 Å². The maximum absolute atomic E-state index is 11.7. The quantitative estimate of drug-likeness (QED) is 0.785. The molecule has 0 spiro atoms. The van der Waals surface area contributed by atoms with Gasteiger partial charge in [0.25, 0.3) is 0 Å². The lowest BCUT2D eigenvalue weighted by molar-refractivity contribution is -0.146. The fourth-order valence-electron chi connectivity index (χ4n) is 2.12. The lowest BCUT2D eigenvalue weighted by Crippen LogP contribution is -2.14. The molecule has 0 bridgehead atoms. The standard InChI is InChI=1S/C14H21N5O2/c1-3-13(4-2)19-6-5-12(17-19)10-21-14(20)9-18-8-11(15)7-16-18/h5-8,13H,3-4,9-10,15H2,1-2H3. The molecule has 0 unspecified atom stereocenters. The molecule has 21 heavy (non-hydrogen) atoms. The van der Waals surface area contributed by atoms with Crippen molar-refractivity contribution in [1.82, 2.24) is 19.6 Å². The molecular weight excluding hydrogens is 270 g/mol. The second-order valence-corrected chi connectivity index (χ2v) is 4.89. The lowest BCUT2D eigenvalue weighted by atomic mass is 10.2. The monoisotopic (exact) mass is 291 g/mol. The van der Waals surface area contributed by atoms with E-state index in [0.29, 0.717) is 11.7 Å². The van der Waals surface area contributed by atoms with Crippen LogP contribution in [0.1, 0.15) is 38.4 Å². The summed E-state index contributed by atoms with van der Waals surface area (Å²) in [6.45, 7) is 4.48.